The van der Waals surface area contributed by atoms with Gasteiger partial charge in [-0.15, -0.1) is 6.58 Å². The number of amides is 1. The number of nitrogens with one attached hydrogen (secondary N) is 1. The molecule has 2 atom stereocenters. The summed E-state index contributed by atoms with van der Waals surface area (Å²) >= 11 is 5.18. The number of benzene rings is 1. The Morgan fingerprint density at radius 3 is 2.78 bits per heavy atom. The second-order valence-corrected chi connectivity index (χ2v) is 4.75. The molecule has 1 aromatic carbocycles. The van der Waals surface area contributed by atoms with Gasteiger partial charge in [-0.2, -0.15) is 0 Å². The largest absolute Gasteiger partial charge is 0.350 e. The fourth-order valence-corrected chi connectivity index (χ4v) is 2.42. The number of carbonyl (C=O) groups excluding carboxylic acids is 1. The molecule has 0 aromatic heterocycles. The van der Waals surface area contributed by atoms with Gasteiger partial charge in [0.2, 0.25) is 0 Å². The Hall–Kier alpha value is -1.68. The van der Waals surface area contributed by atoms with E-state index in [9.17, 15) is 4.79 Å². The van der Waals surface area contributed by atoms with Gasteiger partial charge in [-0.05, 0) is 17.8 Å². The molecule has 94 valence electrons. The van der Waals surface area contributed by atoms with Crippen LogP contribution in [-0.4, -0.2) is 28.5 Å². The molecule has 2 rings (SSSR count). The molecule has 1 aromatic rings. The third-order valence-corrected chi connectivity index (χ3v) is 3.53. The van der Waals surface area contributed by atoms with Gasteiger partial charge < -0.3 is 5.32 Å². The first-order chi connectivity index (χ1) is 8.65. The summed E-state index contributed by atoms with van der Waals surface area (Å²) in [4.78, 5) is 13.8. The highest BCUT2D eigenvalue weighted by Crippen LogP contribution is 2.23. The molecule has 1 N–H and O–H groups in total. The fourth-order valence-electron chi connectivity index (χ4n) is 2.13. The second kappa shape index (κ2) is 5.31. The normalized spacial score (nSPS) is 20.7. The lowest BCUT2D eigenvalue weighted by Gasteiger charge is -2.18. The first-order valence-electron chi connectivity index (χ1n) is 5.93. The summed E-state index contributed by atoms with van der Waals surface area (Å²) in [5, 5.41) is 3.59. The lowest BCUT2D eigenvalue weighted by Crippen LogP contribution is -2.34. The molecular weight excluding hydrogens is 244 g/mol. The molecule has 0 aliphatic carbocycles. The van der Waals surface area contributed by atoms with Crippen LogP contribution in [-0.2, 0) is 4.79 Å². The van der Waals surface area contributed by atoms with Gasteiger partial charge in [-0.25, -0.2) is 0 Å². The maximum atomic E-state index is 12.2. The van der Waals surface area contributed by atoms with Crippen LogP contribution in [0.5, 0.6) is 0 Å². The van der Waals surface area contributed by atoms with E-state index in [1.807, 2.05) is 37.3 Å². The Labute approximate surface area is 112 Å². The number of hydrogen-bond acceptors (Lipinski definition) is 2. The SMILES string of the molecule is C=CCN1C(=O)C(C(C)c2ccccc2)NC1=S. The molecule has 1 saturated heterocycles. The number of hydrogen-bond donors (Lipinski definition) is 1. The van der Waals surface area contributed by atoms with Crippen LogP contribution in [0.2, 0.25) is 0 Å². The van der Waals surface area contributed by atoms with E-state index < -0.39 is 0 Å². The van der Waals surface area contributed by atoms with Gasteiger partial charge in [0.15, 0.2) is 5.11 Å². The van der Waals surface area contributed by atoms with E-state index in [0.717, 1.165) is 5.56 Å². The highest BCUT2D eigenvalue weighted by molar-refractivity contribution is 7.80. The zero-order valence-electron chi connectivity index (χ0n) is 10.3. The molecule has 3 nitrogen and oxygen atoms in total. The molecule has 18 heavy (non-hydrogen) atoms. The van der Waals surface area contributed by atoms with Gasteiger partial charge in [-0.3, -0.25) is 9.69 Å². The van der Waals surface area contributed by atoms with Crippen LogP contribution in [0.1, 0.15) is 18.4 Å². The molecular formula is C14H16N2OS. The van der Waals surface area contributed by atoms with Gasteiger partial charge in [0.1, 0.15) is 6.04 Å². The third kappa shape index (κ3) is 2.29. The van der Waals surface area contributed by atoms with E-state index in [-0.39, 0.29) is 17.9 Å². The molecule has 1 fully saturated rings. The molecule has 1 aliphatic rings. The molecule has 1 heterocycles. The van der Waals surface area contributed by atoms with Gasteiger partial charge >= 0.3 is 0 Å². The molecule has 1 amide bonds. The molecule has 0 bridgehead atoms. The average molecular weight is 260 g/mol. The smallest absolute Gasteiger partial charge is 0.252 e. The molecule has 1 aliphatic heterocycles. The van der Waals surface area contributed by atoms with E-state index >= 15 is 0 Å². The maximum absolute atomic E-state index is 12.2. The molecule has 0 saturated carbocycles. The topological polar surface area (TPSA) is 32.3 Å². The Balaban J connectivity index is 2.18. The monoisotopic (exact) mass is 260 g/mol. The molecule has 2 unspecified atom stereocenters. The van der Waals surface area contributed by atoms with Crippen molar-refractivity contribution in [1.82, 2.24) is 10.2 Å². The summed E-state index contributed by atoms with van der Waals surface area (Å²) in [5.74, 6) is 0.114. The Morgan fingerprint density at radius 1 is 1.50 bits per heavy atom. The van der Waals surface area contributed by atoms with E-state index in [1.54, 1.807) is 11.0 Å². The Morgan fingerprint density at radius 2 is 2.17 bits per heavy atom. The predicted octanol–water partition coefficient (Wildman–Crippen LogP) is 2.06. The van der Waals surface area contributed by atoms with Crippen molar-refractivity contribution in [3.8, 4) is 0 Å². The van der Waals surface area contributed by atoms with Crippen molar-refractivity contribution in [2.75, 3.05) is 6.54 Å². The van der Waals surface area contributed by atoms with Gasteiger partial charge in [0.05, 0.1) is 0 Å². The zero-order chi connectivity index (χ0) is 13.1. The van der Waals surface area contributed by atoms with Crippen LogP contribution in [0.15, 0.2) is 43.0 Å². The third-order valence-electron chi connectivity index (χ3n) is 3.19. The van der Waals surface area contributed by atoms with Crippen molar-refractivity contribution in [3.63, 3.8) is 0 Å². The quantitative estimate of drug-likeness (QED) is 0.664. The van der Waals surface area contributed by atoms with Crippen molar-refractivity contribution in [2.45, 2.75) is 18.9 Å². The van der Waals surface area contributed by atoms with Crippen LogP contribution in [0.3, 0.4) is 0 Å². The highest BCUT2D eigenvalue weighted by Gasteiger charge is 2.38. The van der Waals surface area contributed by atoms with Gasteiger partial charge in [0.25, 0.3) is 5.91 Å². The minimum atomic E-state index is -0.278. The second-order valence-electron chi connectivity index (χ2n) is 4.36. The number of thiocarbonyl (C=S) groups is 1. The zero-order valence-corrected chi connectivity index (χ0v) is 11.1. The Kier molecular flexibility index (Phi) is 3.77. The first kappa shape index (κ1) is 12.8. The van der Waals surface area contributed by atoms with Crippen molar-refractivity contribution < 1.29 is 4.79 Å². The van der Waals surface area contributed by atoms with Crippen molar-refractivity contribution in [3.05, 3.63) is 48.6 Å². The van der Waals surface area contributed by atoms with Crippen LogP contribution in [0, 0.1) is 0 Å². The summed E-state index contributed by atoms with van der Waals surface area (Å²) in [6.07, 6.45) is 1.68. The lowest BCUT2D eigenvalue weighted by atomic mass is 9.93. The van der Waals surface area contributed by atoms with E-state index in [2.05, 4.69) is 11.9 Å². The van der Waals surface area contributed by atoms with Crippen LogP contribution in [0.4, 0.5) is 0 Å². The van der Waals surface area contributed by atoms with Crippen molar-refractivity contribution >= 4 is 23.2 Å². The van der Waals surface area contributed by atoms with Crippen molar-refractivity contribution in [1.29, 1.82) is 0 Å². The van der Waals surface area contributed by atoms with Crippen LogP contribution in [0.25, 0.3) is 0 Å². The van der Waals surface area contributed by atoms with Gasteiger partial charge in [-0.1, -0.05) is 43.3 Å². The average Bonchev–Trinajstić information content (AvgIpc) is 2.67. The summed E-state index contributed by atoms with van der Waals surface area (Å²) in [6.45, 7) is 6.13. The minimum Gasteiger partial charge on any atom is -0.350 e. The number of nitrogens with zero attached hydrogens (tertiary/aromatic N) is 1. The molecule has 0 radical (unpaired) electrons. The van der Waals surface area contributed by atoms with Crippen LogP contribution < -0.4 is 5.32 Å². The Bertz CT molecular complexity index is 472. The van der Waals surface area contributed by atoms with Gasteiger partial charge in [0, 0.05) is 12.5 Å². The first-order valence-corrected chi connectivity index (χ1v) is 6.33. The fraction of sp³-hybridized carbons (Fsp3) is 0.286. The van der Waals surface area contributed by atoms with E-state index in [0.29, 0.717) is 11.7 Å². The summed E-state index contributed by atoms with van der Waals surface area (Å²) < 4.78 is 0. The molecule has 4 heteroatoms. The molecule has 0 spiro atoms. The van der Waals surface area contributed by atoms with E-state index in [4.69, 9.17) is 12.2 Å². The summed E-state index contributed by atoms with van der Waals surface area (Å²) in [7, 11) is 0. The standard InChI is InChI=1S/C14H16N2OS/c1-3-9-16-13(17)12(15-14(16)18)10(2)11-7-5-4-6-8-11/h3-8,10,12H,1,9H2,2H3,(H,15,18). The predicted molar refractivity (Wildman–Crippen MR) is 76.3 cm³/mol. The summed E-state index contributed by atoms with van der Waals surface area (Å²) in [5.41, 5.74) is 1.13. The van der Waals surface area contributed by atoms with Crippen LogP contribution >= 0.6 is 12.2 Å². The summed E-state index contributed by atoms with van der Waals surface area (Å²) in [6, 6.07) is 9.70. The maximum Gasteiger partial charge on any atom is 0.252 e. The van der Waals surface area contributed by atoms with E-state index in [1.165, 1.54) is 0 Å². The number of rotatable bonds is 4. The minimum absolute atomic E-state index is 0.0243. The number of carbonyl (C=O) groups is 1. The lowest BCUT2D eigenvalue weighted by molar-refractivity contribution is -0.127. The highest BCUT2D eigenvalue weighted by atomic mass is 32.1. The van der Waals surface area contributed by atoms with Crippen molar-refractivity contribution in [2.24, 2.45) is 0 Å².